The molecule has 27 heavy (non-hydrogen) atoms. The van der Waals surface area contributed by atoms with Gasteiger partial charge in [-0.05, 0) is 23.6 Å². The van der Waals surface area contributed by atoms with E-state index in [0.717, 1.165) is 4.88 Å². The maximum Gasteiger partial charge on any atom is 0.390 e. The largest absolute Gasteiger partial charge is 0.496 e. The lowest BCUT2D eigenvalue weighted by Crippen LogP contribution is -2.20. The van der Waals surface area contributed by atoms with Crippen LogP contribution in [0.3, 0.4) is 0 Å². The van der Waals surface area contributed by atoms with Crippen molar-refractivity contribution in [1.82, 2.24) is 4.57 Å². The first kappa shape index (κ1) is 21.9. The average molecular weight is 437 g/mol. The van der Waals surface area contributed by atoms with E-state index in [1.165, 1.54) is 23.0 Å². The number of ether oxygens (including phenoxy) is 1. The van der Waals surface area contributed by atoms with Gasteiger partial charge in [0.05, 0.1) is 19.1 Å². The predicted molar refractivity (Wildman–Crippen MR) is 107 cm³/mol. The molecule has 3 nitrogen and oxygen atoms in total. The third-order valence-electron chi connectivity index (χ3n) is 3.68. The zero-order valence-corrected chi connectivity index (χ0v) is 17.7. The van der Waals surface area contributed by atoms with Crippen LogP contribution in [0.1, 0.15) is 37.6 Å². The van der Waals surface area contributed by atoms with E-state index in [2.05, 4.69) is 4.99 Å². The van der Waals surface area contributed by atoms with Gasteiger partial charge in [0.25, 0.3) is 0 Å². The molecule has 1 aromatic carbocycles. The van der Waals surface area contributed by atoms with Gasteiger partial charge in [0.15, 0.2) is 4.80 Å². The van der Waals surface area contributed by atoms with Crippen LogP contribution in [0.15, 0.2) is 29.4 Å². The highest BCUT2D eigenvalue weighted by Crippen LogP contribution is 2.27. The number of hydrogen-bond acceptors (Lipinski definition) is 3. The van der Waals surface area contributed by atoms with E-state index >= 15 is 0 Å². The average Bonchev–Trinajstić information content (AvgIpc) is 2.95. The maximum atomic E-state index is 12.7. The summed E-state index contributed by atoms with van der Waals surface area (Å²) in [7, 11) is 1.50. The molecule has 148 valence electrons. The van der Waals surface area contributed by atoms with Gasteiger partial charge in [-0.3, -0.25) is 0 Å². The van der Waals surface area contributed by atoms with Crippen molar-refractivity contribution in [3.8, 4) is 5.75 Å². The Balaban J connectivity index is 2.50. The second-order valence-corrected chi connectivity index (χ2v) is 8.78. The molecule has 0 saturated carbocycles. The van der Waals surface area contributed by atoms with Crippen molar-refractivity contribution in [2.75, 3.05) is 7.11 Å². The Morgan fingerprint density at radius 3 is 2.52 bits per heavy atom. The number of thiazole rings is 1. The minimum Gasteiger partial charge on any atom is -0.496 e. The number of hydrogen-bond donors (Lipinski definition) is 0. The summed E-state index contributed by atoms with van der Waals surface area (Å²) in [6.45, 7) is 5.77. The number of aryl methyl sites for hydroxylation is 1. The summed E-state index contributed by atoms with van der Waals surface area (Å²) < 4.78 is 44.8. The number of nitrogens with zero attached hydrogens (tertiary/aromatic N) is 2. The third-order valence-corrected chi connectivity index (χ3v) is 5.68. The van der Waals surface area contributed by atoms with Gasteiger partial charge in [-0.1, -0.05) is 44.6 Å². The van der Waals surface area contributed by atoms with E-state index in [-0.39, 0.29) is 16.9 Å². The Morgan fingerprint density at radius 1 is 1.30 bits per heavy atom. The fourth-order valence-corrected chi connectivity index (χ4v) is 3.77. The van der Waals surface area contributed by atoms with Gasteiger partial charge in [0, 0.05) is 22.6 Å². The zero-order chi connectivity index (χ0) is 20.4. The Bertz CT molecular complexity index is 895. The number of benzene rings is 1. The molecule has 1 heterocycles. The summed E-state index contributed by atoms with van der Waals surface area (Å²) in [5.74, 6) is 0.502. The number of alkyl halides is 3. The van der Waals surface area contributed by atoms with Crippen molar-refractivity contribution in [3.05, 3.63) is 44.7 Å². The Kier molecular flexibility index (Phi) is 6.76. The van der Waals surface area contributed by atoms with Gasteiger partial charge in [-0.25, -0.2) is 4.99 Å². The lowest BCUT2D eigenvalue weighted by molar-refractivity contribution is -0.136. The number of rotatable bonds is 4. The maximum absolute atomic E-state index is 12.7. The van der Waals surface area contributed by atoms with E-state index in [0.29, 0.717) is 21.1 Å². The van der Waals surface area contributed by atoms with Gasteiger partial charge < -0.3 is 9.30 Å². The molecule has 2 rings (SSSR count). The highest BCUT2D eigenvalue weighted by molar-refractivity contribution is 7.80. The highest BCUT2D eigenvalue weighted by Gasteiger charge is 2.27. The highest BCUT2D eigenvalue weighted by atomic mass is 35.5. The monoisotopic (exact) mass is 436 g/mol. The molecule has 0 bridgehead atoms. The quantitative estimate of drug-likeness (QED) is 0.571. The summed E-state index contributed by atoms with van der Waals surface area (Å²) in [6, 6.07) is 4.97. The number of thiocarbonyl (C=S) groups is 1. The van der Waals surface area contributed by atoms with E-state index in [1.54, 1.807) is 24.4 Å². The Morgan fingerprint density at radius 2 is 1.96 bits per heavy atom. The van der Waals surface area contributed by atoms with Crippen LogP contribution in [0.4, 0.5) is 13.2 Å². The number of methoxy groups -OCH3 is 1. The standard InChI is InChI=1S/C18H20ClF3N2OS2/c1-17(2,3)14-10-24(8-7-18(20,21)22)16(27-14)23-15(26)12-9-11(19)5-6-13(12)25-4/h5-6,9-10H,7-8H2,1-4H3/b23-16-. The molecule has 0 saturated heterocycles. The summed E-state index contributed by atoms with van der Waals surface area (Å²) in [6.07, 6.45) is -3.47. The molecule has 1 aromatic heterocycles. The molecule has 0 spiro atoms. The molecule has 0 amide bonds. The minimum absolute atomic E-state index is 0.206. The van der Waals surface area contributed by atoms with Crippen LogP contribution < -0.4 is 9.54 Å². The second kappa shape index (κ2) is 8.32. The molecule has 9 heteroatoms. The van der Waals surface area contributed by atoms with Crippen molar-refractivity contribution < 1.29 is 17.9 Å². The van der Waals surface area contributed by atoms with Crippen LogP contribution in [0.25, 0.3) is 0 Å². The predicted octanol–water partition coefficient (Wildman–Crippen LogP) is 5.74. The van der Waals surface area contributed by atoms with Gasteiger partial charge in [-0.15, -0.1) is 11.3 Å². The SMILES string of the molecule is COc1ccc(Cl)cc1C(=S)/N=c1\sc(C(C)(C)C)cn1CCC(F)(F)F. The Hall–Kier alpha value is -1.38. The molecule has 0 aliphatic heterocycles. The van der Waals surface area contributed by atoms with Crippen molar-refractivity contribution in [3.63, 3.8) is 0 Å². The zero-order valence-electron chi connectivity index (χ0n) is 15.4. The number of halogens is 4. The van der Waals surface area contributed by atoms with Crippen LogP contribution in [0.5, 0.6) is 5.75 Å². The van der Waals surface area contributed by atoms with Crippen molar-refractivity contribution >= 4 is 40.1 Å². The van der Waals surface area contributed by atoms with Gasteiger partial charge in [-0.2, -0.15) is 13.2 Å². The first-order valence-corrected chi connectivity index (χ1v) is 9.71. The molecular formula is C18H20ClF3N2OS2. The van der Waals surface area contributed by atoms with E-state index in [1.807, 2.05) is 20.8 Å². The molecular weight excluding hydrogens is 417 g/mol. The molecule has 0 aliphatic rings. The molecule has 0 atom stereocenters. The molecule has 0 fully saturated rings. The summed E-state index contributed by atoms with van der Waals surface area (Å²) in [4.78, 5) is 5.96. The van der Waals surface area contributed by atoms with Crippen LogP contribution in [-0.4, -0.2) is 22.8 Å². The van der Waals surface area contributed by atoms with Crippen LogP contribution >= 0.6 is 35.2 Å². The fraction of sp³-hybridized carbons (Fsp3) is 0.444. The summed E-state index contributed by atoms with van der Waals surface area (Å²) in [5.41, 5.74) is 0.307. The third kappa shape index (κ3) is 6.05. The van der Waals surface area contributed by atoms with Crippen molar-refractivity contribution in [2.24, 2.45) is 4.99 Å². The van der Waals surface area contributed by atoms with Gasteiger partial charge >= 0.3 is 6.18 Å². The Labute approximate surface area is 170 Å². The second-order valence-electron chi connectivity index (χ2n) is 6.95. The van der Waals surface area contributed by atoms with Gasteiger partial charge in [0.1, 0.15) is 10.7 Å². The molecule has 2 aromatic rings. The smallest absolute Gasteiger partial charge is 0.390 e. The molecule has 0 N–H and O–H groups in total. The fourth-order valence-electron chi connectivity index (χ4n) is 2.22. The topological polar surface area (TPSA) is 26.5 Å². The molecule has 0 radical (unpaired) electrons. The van der Waals surface area contributed by atoms with E-state index < -0.39 is 12.6 Å². The van der Waals surface area contributed by atoms with Crippen LogP contribution in [-0.2, 0) is 12.0 Å². The molecule has 0 unspecified atom stereocenters. The minimum atomic E-state index is -4.25. The van der Waals surface area contributed by atoms with Crippen LogP contribution in [0.2, 0.25) is 5.02 Å². The summed E-state index contributed by atoms with van der Waals surface area (Å²) in [5, 5.41) is 0.467. The van der Waals surface area contributed by atoms with Crippen molar-refractivity contribution in [2.45, 2.75) is 45.3 Å². The number of aromatic nitrogens is 1. The first-order chi connectivity index (χ1) is 12.4. The normalized spacial score (nSPS) is 13.1. The lowest BCUT2D eigenvalue weighted by Gasteiger charge is -2.14. The van der Waals surface area contributed by atoms with Crippen LogP contribution in [0, 0.1) is 0 Å². The van der Waals surface area contributed by atoms with Crippen molar-refractivity contribution in [1.29, 1.82) is 0 Å². The lowest BCUT2D eigenvalue weighted by atomic mass is 9.95. The first-order valence-electron chi connectivity index (χ1n) is 8.11. The van der Waals surface area contributed by atoms with Gasteiger partial charge in [0.2, 0.25) is 0 Å². The molecule has 0 aliphatic carbocycles. The van der Waals surface area contributed by atoms with E-state index in [4.69, 9.17) is 28.6 Å². The van der Waals surface area contributed by atoms with E-state index in [9.17, 15) is 13.2 Å². The summed E-state index contributed by atoms with van der Waals surface area (Å²) >= 11 is 12.8.